The number of aromatic hydroxyl groups is 1. The lowest BCUT2D eigenvalue weighted by Gasteiger charge is -2.35. The van der Waals surface area contributed by atoms with E-state index in [0.717, 1.165) is 31.4 Å². The molecule has 0 aliphatic carbocycles. The minimum atomic E-state index is -0.0112. The Kier molecular flexibility index (Phi) is 7.48. The van der Waals surface area contributed by atoms with Crippen LogP contribution >= 0.6 is 8.58 Å². The molecule has 0 spiro atoms. The van der Waals surface area contributed by atoms with Gasteiger partial charge in [0, 0.05) is 22.8 Å². The normalized spacial score (nSPS) is 14.6. The van der Waals surface area contributed by atoms with Crippen LogP contribution in [0.3, 0.4) is 0 Å². The van der Waals surface area contributed by atoms with Crippen molar-refractivity contribution < 1.29 is 5.11 Å². The number of phenolic OH excluding ortho intramolecular Hbond substituents is 1. The van der Waals surface area contributed by atoms with Crippen LogP contribution in [0.2, 0.25) is 0 Å². The van der Waals surface area contributed by atoms with Gasteiger partial charge in [-0.25, -0.2) is 0 Å². The minimum Gasteiger partial charge on any atom is -0.508 e. The average Bonchev–Trinajstić information content (AvgIpc) is 2.62. The number of nitrogens with one attached hydrogen (secondary N) is 1. The Morgan fingerprint density at radius 2 is 1.74 bits per heavy atom. The number of phenols is 1. The van der Waals surface area contributed by atoms with E-state index in [1.54, 1.807) is 0 Å². The molecule has 0 amide bonds. The van der Waals surface area contributed by atoms with Gasteiger partial charge in [-0.1, -0.05) is 70.8 Å². The van der Waals surface area contributed by atoms with Crippen LogP contribution in [0.15, 0.2) is 42.5 Å². The maximum Gasteiger partial charge on any atom is 0.119 e. The van der Waals surface area contributed by atoms with Gasteiger partial charge >= 0.3 is 0 Å². The van der Waals surface area contributed by atoms with Crippen LogP contribution < -0.4 is 10.6 Å². The van der Waals surface area contributed by atoms with Gasteiger partial charge in [0.1, 0.15) is 5.75 Å². The number of benzene rings is 2. The highest BCUT2D eigenvalue weighted by molar-refractivity contribution is 7.48. The van der Waals surface area contributed by atoms with Gasteiger partial charge in [-0.2, -0.15) is 0 Å². The van der Waals surface area contributed by atoms with Crippen LogP contribution in [0, 0.1) is 6.92 Å². The molecule has 148 valence electrons. The molecule has 3 heteroatoms. The van der Waals surface area contributed by atoms with Crippen molar-refractivity contribution >= 4 is 13.9 Å². The second-order valence-corrected chi connectivity index (χ2v) is 10.3. The summed E-state index contributed by atoms with van der Waals surface area (Å²) in [6.07, 6.45) is 3.22. The van der Waals surface area contributed by atoms with Crippen molar-refractivity contribution in [2.45, 2.75) is 78.0 Å². The van der Waals surface area contributed by atoms with Gasteiger partial charge in [-0.05, 0) is 57.5 Å². The van der Waals surface area contributed by atoms with E-state index >= 15 is 0 Å². The topological polar surface area (TPSA) is 32.3 Å². The lowest BCUT2D eigenvalue weighted by atomic mass is 9.89. The van der Waals surface area contributed by atoms with Gasteiger partial charge in [0.25, 0.3) is 0 Å². The number of hydrogen-bond donors (Lipinski definition) is 2. The standard InChI is InChI=1S/C24H36NOP/c1-7-15-24(8-2,20-16-18(3)13-14-21(20)26)27-22-12-10-9-11-19(22)17-25-23(4,5)6/h9-14,16,25-27H,7-8,15,17H2,1-6H3. The summed E-state index contributed by atoms with van der Waals surface area (Å²) in [5.74, 6) is 0.439. The highest BCUT2D eigenvalue weighted by atomic mass is 31.1. The molecule has 2 N–H and O–H groups in total. The highest BCUT2D eigenvalue weighted by Crippen LogP contribution is 2.51. The third kappa shape index (κ3) is 5.80. The molecule has 2 nitrogen and oxygen atoms in total. The van der Waals surface area contributed by atoms with Crippen molar-refractivity contribution in [2.75, 3.05) is 0 Å². The van der Waals surface area contributed by atoms with Crippen LogP contribution in [0.5, 0.6) is 5.75 Å². The third-order valence-electron chi connectivity index (χ3n) is 5.15. The first-order valence-corrected chi connectivity index (χ1v) is 11.1. The fraction of sp³-hybridized carbons (Fsp3) is 0.500. The molecule has 2 aromatic rings. The molecule has 0 saturated carbocycles. The molecular formula is C24H36NOP. The SMILES string of the molecule is CCCC(CC)(Pc1ccccc1CNC(C)(C)C)c1cc(C)ccc1O. The molecule has 2 aromatic carbocycles. The van der Waals surface area contributed by atoms with E-state index in [1.807, 2.05) is 12.1 Å². The molecule has 27 heavy (non-hydrogen) atoms. The molecule has 2 atom stereocenters. The van der Waals surface area contributed by atoms with Crippen molar-refractivity contribution in [3.8, 4) is 5.75 Å². The molecule has 0 fully saturated rings. The summed E-state index contributed by atoms with van der Waals surface area (Å²) in [6.45, 7) is 14.1. The van der Waals surface area contributed by atoms with E-state index in [-0.39, 0.29) is 10.7 Å². The Balaban J connectivity index is 2.44. The lowest BCUT2D eigenvalue weighted by molar-refractivity contribution is 0.425. The monoisotopic (exact) mass is 385 g/mol. The van der Waals surface area contributed by atoms with Gasteiger partial charge in [0.2, 0.25) is 0 Å². The molecule has 2 rings (SSSR count). The second kappa shape index (κ2) is 9.22. The Hall–Kier alpha value is -1.37. The predicted molar refractivity (Wildman–Crippen MR) is 121 cm³/mol. The fourth-order valence-corrected chi connectivity index (χ4v) is 5.51. The zero-order chi connectivity index (χ0) is 20.1. The molecule has 0 heterocycles. The summed E-state index contributed by atoms with van der Waals surface area (Å²) < 4.78 is 0. The lowest BCUT2D eigenvalue weighted by Crippen LogP contribution is -2.36. The maximum atomic E-state index is 10.7. The Bertz CT molecular complexity index is 750. The summed E-state index contributed by atoms with van der Waals surface area (Å²) in [5, 5.41) is 15.7. The highest BCUT2D eigenvalue weighted by Gasteiger charge is 2.33. The average molecular weight is 386 g/mol. The Morgan fingerprint density at radius 1 is 1.04 bits per heavy atom. The molecule has 0 radical (unpaired) electrons. The van der Waals surface area contributed by atoms with Gasteiger partial charge < -0.3 is 10.4 Å². The molecule has 0 saturated heterocycles. The summed E-state index contributed by atoms with van der Waals surface area (Å²) in [5.41, 5.74) is 3.79. The molecule has 0 bridgehead atoms. The third-order valence-corrected chi connectivity index (χ3v) is 7.26. The van der Waals surface area contributed by atoms with E-state index in [9.17, 15) is 5.11 Å². The van der Waals surface area contributed by atoms with E-state index in [4.69, 9.17) is 0 Å². The smallest absolute Gasteiger partial charge is 0.119 e. The van der Waals surface area contributed by atoms with Crippen LogP contribution in [0.4, 0.5) is 0 Å². The van der Waals surface area contributed by atoms with Crippen molar-refractivity contribution in [2.24, 2.45) is 0 Å². The van der Waals surface area contributed by atoms with Crippen LogP contribution in [0.1, 0.15) is 70.6 Å². The first-order valence-electron chi connectivity index (χ1n) is 10.1. The largest absolute Gasteiger partial charge is 0.508 e. The molecule has 0 aliphatic heterocycles. The zero-order valence-electron chi connectivity index (χ0n) is 17.8. The fourth-order valence-electron chi connectivity index (χ4n) is 3.59. The minimum absolute atomic E-state index is 0.0112. The Morgan fingerprint density at radius 3 is 2.37 bits per heavy atom. The van der Waals surface area contributed by atoms with E-state index in [0.29, 0.717) is 14.3 Å². The van der Waals surface area contributed by atoms with Gasteiger partial charge in [0.05, 0.1) is 0 Å². The van der Waals surface area contributed by atoms with Crippen LogP contribution in [-0.2, 0) is 11.7 Å². The second-order valence-electron chi connectivity index (χ2n) is 8.59. The summed E-state index contributed by atoms with van der Waals surface area (Å²) in [7, 11) is 0.635. The van der Waals surface area contributed by atoms with Crippen molar-refractivity contribution in [1.29, 1.82) is 0 Å². The first-order chi connectivity index (χ1) is 12.7. The summed E-state index contributed by atoms with van der Waals surface area (Å²) >= 11 is 0. The number of hydrogen-bond acceptors (Lipinski definition) is 2. The van der Waals surface area contributed by atoms with E-state index in [1.165, 1.54) is 16.4 Å². The first kappa shape index (κ1) is 21.9. The quantitative estimate of drug-likeness (QED) is 0.546. The zero-order valence-corrected chi connectivity index (χ0v) is 18.8. The van der Waals surface area contributed by atoms with Crippen LogP contribution in [-0.4, -0.2) is 10.6 Å². The molecule has 0 aliphatic rings. The Labute approximate surface area is 167 Å². The summed E-state index contributed by atoms with van der Waals surface area (Å²) in [6, 6.07) is 14.8. The van der Waals surface area contributed by atoms with E-state index < -0.39 is 0 Å². The van der Waals surface area contributed by atoms with Gasteiger partial charge in [0.15, 0.2) is 0 Å². The predicted octanol–water partition coefficient (Wildman–Crippen LogP) is 6.00. The van der Waals surface area contributed by atoms with Crippen molar-refractivity contribution in [3.05, 3.63) is 59.2 Å². The van der Waals surface area contributed by atoms with Gasteiger partial charge in [-0.3, -0.25) is 0 Å². The summed E-state index contributed by atoms with van der Waals surface area (Å²) in [4.78, 5) is 0. The number of aryl methyl sites for hydroxylation is 1. The molecule has 0 aromatic heterocycles. The van der Waals surface area contributed by atoms with E-state index in [2.05, 4.69) is 77.2 Å². The number of rotatable bonds is 8. The van der Waals surface area contributed by atoms with Crippen molar-refractivity contribution in [1.82, 2.24) is 5.32 Å². The molecular weight excluding hydrogens is 349 g/mol. The van der Waals surface area contributed by atoms with Crippen LogP contribution in [0.25, 0.3) is 0 Å². The molecule has 2 unspecified atom stereocenters. The van der Waals surface area contributed by atoms with Gasteiger partial charge in [-0.15, -0.1) is 0 Å². The van der Waals surface area contributed by atoms with Crippen molar-refractivity contribution in [3.63, 3.8) is 0 Å². The maximum absolute atomic E-state index is 10.7.